The Morgan fingerprint density at radius 2 is 0.486 bits per heavy atom. The molecule has 0 saturated carbocycles. The van der Waals surface area contributed by atoms with E-state index in [9.17, 15) is 14.4 Å². The summed E-state index contributed by atoms with van der Waals surface area (Å²) in [5, 5.41) is 0. The topological polar surface area (TPSA) is 78.9 Å². The van der Waals surface area contributed by atoms with Gasteiger partial charge in [-0.3, -0.25) is 14.4 Å². The Hall–Kier alpha value is -2.11. The first-order chi connectivity index (χ1) is 35.5. The van der Waals surface area contributed by atoms with Crippen LogP contribution >= 0.6 is 0 Å². The van der Waals surface area contributed by atoms with Crippen LogP contribution in [0.1, 0.15) is 361 Å². The molecule has 0 saturated heterocycles. The van der Waals surface area contributed by atoms with Crippen LogP contribution in [0.25, 0.3) is 0 Å². The molecule has 0 rings (SSSR count). The molecule has 0 aliphatic carbocycles. The molecule has 1 unspecified atom stereocenters. The van der Waals surface area contributed by atoms with Gasteiger partial charge in [0.15, 0.2) is 6.10 Å². The summed E-state index contributed by atoms with van der Waals surface area (Å²) in [6, 6.07) is 0. The Morgan fingerprint density at radius 1 is 0.264 bits per heavy atom. The minimum atomic E-state index is -0.775. The molecule has 0 N–H and O–H groups in total. The highest BCUT2D eigenvalue weighted by atomic mass is 16.6. The van der Waals surface area contributed by atoms with E-state index in [1.807, 2.05) is 0 Å². The summed E-state index contributed by atoms with van der Waals surface area (Å²) in [5.41, 5.74) is 0. The number of hydrogen-bond donors (Lipinski definition) is 0. The molecule has 424 valence electrons. The number of esters is 3. The highest BCUT2D eigenvalue weighted by Gasteiger charge is 2.19. The minimum Gasteiger partial charge on any atom is -0.462 e. The smallest absolute Gasteiger partial charge is 0.306 e. The number of hydrogen-bond acceptors (Lipinski definition) is 6. The Balaban J connectivity index is 3.97. The number of ether oxygens (including phenoxy) is 3. The zero-order valence-electron chi connectivity index (χ0n) is 48.7. The van der Waals surface area contributed by atoms with Gasteiger partial charge in [0.25, 0.3) is 0 Å². The number of carbonyl (C=O) groups is 3. The lowest BCUT2D eigenvalue weighted by Crippen LogP contribution is -2.30. The molecule has 0 aromatic heterocycles. The van der Waals surface area contributed by atoms with Crippen molar-refractivity contribution in [3.63, 3.8) is 0 Å². The maximum Gasteiger partial charge on any atom is 0.306 e. The summed E-state index contributed by atoms with van der Waals surface area (Å²) < 4.78 is 16.8. The van der Waals surface area contributed by atoms with Crippen LogP contribution in [-0.2, 0) is 28.6 Å². The molecule has 0 aromatic carbocycles. The SMILES string of the molecule is CCC/C=C\CCCCCCCC(=O)OCC(COC(=O)CCCCCCCCCCCCCCCCCCCCCCCCCCCCCCCCCC)OC(=O)CCCCCCC/C=C\CCCCC. The fourth-order valence-corrected chi connectivity index (χ4v) is 9.80. The van der Waals surface area contributed by atoms with Crippen LogP contribution in [0.5, 0.6) is 0 Å². The molecule has 0 aromatic rings. The van der Waals surface area contributed by atoms with E-state index in [2.05, 4.69) is 45.1 Å². The van der Waals surface area contributed by atoms with Crippen molar-refractivity contribution in [1.29, 1.82) is 0 Å². The first-order valence-corrected chi connectivity index (χ1v) is 32.3. The number of carbonyl (C=O) groups excluding carboxylic acids is 3. The molecule has 6 heteroatoms. The van der Waals surface area contributed by atoms with E-state index in [4.69, 9.17) is 14.2 Å². The van der Waals surface area contributed by atoms with E-state index in [0.29, 0.717) is 19.3 Å². The standard InChI is InChI=1S/C66H124O6/c1-4-7-10-13-16-19-22-24-25-26-27-28-29-30-31-32-33-34-35-36-37-38-39-40-41-42-43-45-47-50-53-56-59-65(68)71-62-63(61-70-64(67)58-55-52-49-46-21-18-15-12-9-6-3)72-66(69)60-57-54-51-48-44-23-20-17-14-11-8-5-2/h12,15,17,20,63H,4-11,13-14,16,18-19,21-62H2,1-3H3/b15-12-,20-17-. The zero-order valence-corrected chi connectivity index (χ0v) is 48.7. The lowest BCUT2D eigenvalue weighted by molar-refractivity contribution is -0.167. The summed E-state index contributed by atoms with van der Waals surface area (Å²) >= 11 is 0. The Morgan fingerprint density at radius 3 is 0.778 bits per heavy atom. The lowest BCUT2D eigenvalue weighted by Gasteiger charge is -2.18. The molecular formula is C66H124O6. The first-order valence-electron chi connectivity index (χ1n) is 32.3. The van der Waals surface area contributed by atoms with Crippen LogP contribution < -0.4 is 0 Å². The monoisotopic (exact) mass is 1010 g/mol. The van der Waals surface area contributed by atoms with Gasteiger partial charge in [-0.25, -0.2) is 0 Å². The maximum absolute atomic E-state index is 12.8. The minimum absolute atomic E-state index is 0.0733. The summed E-state index contributed by atoms with van der Waals surface area (Å²) in [7, 11) is 0. The summed E-state index contributed by atoms with van der Waals surface area (Å²) in [4.78, 5) is 38.0. The van der Waals surface area contributed by atoms with Gasteiger partial charge in [-0.1, -0.05) is 302 Å². The largest absolute Gasteiger partial charge is 0.462 e. The van der Waals surface area contributed by atoms with Crippen molar-refractivity contribution in [2.24, 2.45) is 0 Å². The van der Waals surface area contributed by atoms with Crippen molar-refractivity contribution < 1.29 is 28.6 Å². The fourth-order valence-electron chi connectivity index (χ4n) is 9.80. The number of unbranched alkanes of at least 4 members (excludes halogenated alkanes) is 45. The Kier molecular flexibility index (Phi) is 59.6. The second kappa shape index (κ2) is 61.4. The van der Waals surface area contributed by atoms with Crippen LogP contribution in [0, 0.1) is 0 Å². The van der Waals surface area contributed by atoms with Crippen molar-refractivity contribution in [3.05, 3.63) is 24.3 Å². The molecule has 0 bridgehead atoms. The van der Waals surface area contributed by atoms with E-state index in [1.54, 1.807) is 0 Å². The van der Waals surface area contributed by atoms with Crippen LogP contribution in [0.4, 0.5) is 0 Å². The molecule has 0 heterocycles. The molecule has 72 heavy (non-hydrogen) atoms. The van der Waals surface area contributed by atoms with Crippen LogP contribution in [0.15, 0.2) is 24.3 Å². The average molecular weight is 1010 g/mol. The second-order valence-corrected chi connectivity index (χ2v) is 22.0. The molecule has 1 atom stereocenters. The molecule has 0 aliphatic heterocycles. The Bertz CT molecular complexity index is 1160. The second-order valence-electron chi connectivity index (χ2n) is 22.0. The normalized spacial score (nSPS) is 12.1. The van der Waals surface area contributed by atoms with Crippen molar-refractivity contribution in [2.45, 2.75) is 367 Å². The van der Waals surface area contributed by atoms with Crippen molar-refractivity contribution in [2.75, 3.05) is 13.2 Å². The van der Waals surface area contributed by atoms with Crippen LogP contribution in [-0.4, -0.2) is 37.2 Å². The highest BCUT2D eigenvalue weighted by Crippen LogP contribution is 2.18. The van der Waals surface area contributed by atoms with Crippen LogP contribution in [0.2, 0.25) is 0 Å². The molecule has 0 amide bonds. The van der Waals surface area contributed by atoms with Gasteiger partial charge >= 0.3 is 17.9 Å². The molecule has 0 aliphatic rings. The lowest BCUT2D eigenvalue weighted by atomic mass is 10.0. The van der Waals surface area contributed by atoms with Gasteiger partial charge in [-0.2, -0.15) is 0 Å². The third-order valence-corrected chi connectivity index (χ3v) is 14.7. The molecule has 0 fully saturated rings. The Labute approximate surface area is 449 Å². The first kappa shape index (κ1) is 69.9. The molecular weight excluding hydrogens is 889 g/mol. The fraction of sp³-hybridized carbons (Fsp3) is 0.894. The third kappa shape index (κ3) is 58.8. The van der Waals surface area contributed by atoms with Gasteiger partial charge in [-0.05, 0) is 64.2 Å². The predicted octanol–water partition coefficient (Wildman–Crippen LogP) is 21.8. The summed E-state index contributed by atoms with van der Waals surface area (Å²) in [6.45, 7) is 6.59. The predicted molar refractivity (Wildman–Crippen MR) is 312 cm³/mol. The van der Waals surface area contributed by atoms with Crippen molar-refractivity contribution >= 4 is 17.9 Å². The zero-order chi connectivity index (χ0) is 52.2. The van der Waals surface area contributed by atoms with Gasteiger partial charge in [0.1, 0.15) is 13.2 Å². The van der Waals surface area contributed by atoms with Gasteiger partial charge in [0.2, 0.25) is 0 Å². The molecule has 6 nitrogen and oxygen atoms in total. The quantitative estimate of drug-likeness (QED) is 0.0261. The van der Waals surface area contributed by atoms with E-state index in [-0.39, 0.29) is 31.1 Å². The van der Waals surface area contributed by atoms with E-state index >= 15 is 0 Å². The summed E-state index contributed by atoms with van der Waals surface area (Å²) in [6.07, 6.45) is 73.7. The average Bonchev–Trinajstić information content (AvgIpc) is 3.38. The molecule has 0 radical (unpaired) electrons. The van der Waals surface area contributed by atoms with Gasteiger partial charge in [-0.15, -0.1) is 0 Å². The number of allylic oxidation sites excluding steroid dienone is 4. The van der Waals surface area contributed by atoms with Gasteiger partial charge in [0, 0.05) is 19.3 Å². The van der Waals surface area contributed by atoms with Gasteiger partial charge < -0.3 is 14.2 Å². The highest BCUT2D eigenvalue weighted by molar-refractivity contribution is 5.71. The summed E-state index contributed by atoms with van der Waals surface area (Å²) in [5.74, 6) is -0.875. The molecule has 0 spiro atoms. The van der Waals surface area contributed by atoms with Crippen molar-refractivity contribution in [3.8, 4) is 0 Å². The van der Waals surface area contributed by atoms with E-state index in [0.717, 1.165) is 77.0 Å². The van der Waals surface area contributed by atoms with Gasteiger partial charge in [0.05, 0.1) is 0 Å². The maximum atomic E-state index is 12.8. The van der Waals surface area contributed by atoms with Crippen LogP contribution in [0.3, 0.4) is 0 Å². The number of rotatable bonds is 60. The van der Waals surface area contributed by atoms with E-state index in [1.165, 1.54) is 244 Å². The van der Waals surface area contributed by atoms with Crippen molar-refractivity contribution in [1.82, 2.24) is 0 Å². The third-order valence-electron chi connectivity index (χ3n) is 14.7. The van der Waals surface area contributed by atoms with E-state index < -0.39 is 6.10 Å².